The van der Waals surface area contributed by atoms with E-state index in [4.69, 9.17) is 4.74 Å². The molecule has 0 spiro atoms. The van der Waals surface area contributed by atoms with Crippen LogP contribution in [0, 0.1) is 18.8 Å². The van der Waals surface area contributed by atoms with Crippen LogP contribution in [0.15, 0.2) is 18.2 Å². The van der Waals surface area contributed by atoms with Crippen molar-refractivity contribution in [3.63, 3.8) is 0 Å². The van der Waals surface area contributed by atoms with Gasteiger partial charge in [0, 0.05) is 25.3 Å². The van der Waals surface area contributed by atoms with Crippen LogP contribution < -0.4 is 5.32 Å². The molecule has 2 aliphatic rings. The third-order valence-corrected chi connectivity index (χ3v) is 5.11. The van der Waals surface area contributed by atoms with Crippen molar-refractivity contribution < 1.29 is 19.4 Å². The van der Waals surface area contributed by atoms with Crippen LogP contribution in [0.3, 0.4) is 0 Å². The number of carboxylic acid groups (broad SMARTS) is 1. The van der Waals surface area contributed by atoms with Crippen LogP contribution in [0.4, 0.5) is 0 Å². The molecule has 2 fully saturated rings. The number of nitrogens with one attached hydrogen (secondary N) is 1. The predicted octanol–water partition coefficient (Wildman–Crippen LogP) is 2.73. The van der Waals surface area contributed by atoms with Gasteiger partial charge in [0.05, 0.1) is 5.92 Å². The van der Waals surface area contributed by atoms with Gasteiger partial charge in [0.2, 0.25) is 0 Å². The number of carbonyl (C=O) groups is 2. The molecule has 1 aliphatic heterocycles. The van der Waals surface area contributed by atoms with E-state index in [1.807, 2.05) is 25.1 Å². The Morgan fingerprint density at radius 1 is 1.25 bits per heavy atom. The third kappa shape index (κ3) is 3.96. The number of aryl methyl sites for hydroxylation is 1. The van der Waals surface area contributed by atoms with Crippen molar-refractivity contribution in [3.05, 3.63) is 34.9 Å². The van der Waals surface area contributed by atoms with Crippen LogP contribution >= 0.6 is 0 Å². The fourth-order valence-electron chi connectivity index (χ4n) is 3.49. The molecule has 1 aromatic carbocycles. The van der Waals surface area contributed by atoms with Gasteiger partial charge in [-0.3, -0.25) is 9.59 Å². The van der Waals surface area contributed by atoms with E-state index in [9.17, 15) is 14.7 Å². The van der Waals surface area contributed by atoms with Gasteiger partial charge in [-0.15, -0.1) is 0 Å². The molecule has 1 aromatic rings. The first-order valence-corrected chi connectivity index (χ1v) is 8.75. The highest BCUT2D eigenvalue weighted by atomic mass is 16.5. The normalized spacial score (nSPS) is 19.7. The maximum absolute atomic E-state index is 12.6. The highest BCUT2D eigenvalue weighted by Crippen LogP contribution is 2.41. The van der Waals surface area contributed by atoms with Gasteiger partial charge in [-0.1, -0.05) is 17.7 Å². The molecule has 1 unspecified atom stereocenters. The van der Waals surface area contributed by atoms with E-state index in [0.29, 0.717) is 24.7 Å². The summed E-state index contributed by atoms with van der Waals surface area (Å²) in [5, 5.41) is 12.4. The molecule has 1 atom stereocenters. The van der Waals surface area contributed by atoms with Crippen LogP contribution in [-0.2, 0) is 9.53 Å². The van der Waals surface area contributed by atoms with Crippen LogP contribution in [0.25, 0.3) is 0 Å². The number of benzene rings is 1. The Balaban J connectivity index is 1.67. The lowest BCUT2D eigenvalue weighted by Crippen LogP contribution is -2.39. The van der Waals surface area contributed by atoms with Gasteiger partial charge >= 0.3 is 5.97 Å². The Morgan fingerprint density at radius 3 is 2.58 bits per heavy atom. The summed E-state index contributed by atoms with van der Waals surface area (Å²) in [5.74, 6) is -0.992. The second-order valence-electron chi connectivity index (χ2n) is 6.97. The van der Waals surface area contributed by atoms with E-state index in [2.05, 4.69) is 5.32 Å². The molecule has 0 radical (unpaired) electrons. The van der Waals surface area contributed by atoms with E-state index in [0.717, 1.165) is 36.8 Å². The molecule has 24 heavy (non-hydrogen) atoms. The molecule has 1 heterocycles. The second-order valence-corrected chi connectivity index (χ2v) is 6.97. The van der Waals surface area contributed by atoms with Crippen molar-refractivity contribution in [1.29, 1.82) is 0 Å². The van der Waals surface area contributed by atoms with E-state index in [-0.39, 0.29) is 18.4 Å². The van der Waals surface area contributed by atoms with Crippen molar-refractivity contribution in [2.24, 2.45) is 11.8 Å². The fraction of sp³-hybridized carbons (Fsp3) is 0.579. The molecule has 2 N–H and O–H groups in total. The summed E-state index contributed by atoms with van der Waals surface area (Å²) in [6, 6.07) is 5.98. The first-order chi connectivity index (χ1) is 11.6. The van der Waals surface area contributed by atoms with Crippen molar-refractivity contribution in [2.45, 2.75) is 38.5 Å². The van der Waals surface area contributed by atoms with Crippen molar-refractivity contribution in [1.82, 2.24) is 5.32 Å². The minimum atomic E-state index is -0.839. The Hall–Kier alpha value is -1.88. The number of carboxylic acids is 1. The minimum Gasteiger partial charge on any atom is -0.481 e. The van der Waals surface area contributed by atoms with Gasteiger partial charge in [-0.2, -0.15) is 0 Å². The number of ether oxygens (including phenoxy) is 1. The van der Waals surface area contributed by atoms with Crippen LogP contribution in [0.5, 0.6) is 0 Å². The quantitative estimate of drug-likeness (QED) is 0.840. The maximum atomic E-state index is 12.6. The van der Waals surface area contributed by atoms with Gasteiger partial charge in [-0.25, -0.2) is 0 Å². The Bertz CT molecular complexity index is 618. The Morgan fingerprint density at radius 2 is 1.96 bits per heavy atom. The molecule has 0 bridgehead atoms. The van der Waals surface area contributed by atoms with Crippen LogP contribution in [0.2, 0.25) is 0 Å². The zero-order valence-electron chi connectivity index (χ0n) is 14.1. The molecule has 1 saturated heterocycles. The Kier molecular flexibility index (Phi) is 5.19. The smallest absolute Gasteiger partial charge is 0.308 e. The van der Waals surface area contributed by atoms with Gasteiger partial charge < -0.3 is 15.2 Å². The van der Waals surface area contributed by atoms with Crippen molar-refractivity contribution in [2.75, 3.05) is 19.8 Å². The lowest BCUT2D eigenvalue weighted by Gasteiger charge is -2.27. The monoisotopic (exact) mass is 331 g/mol. The van der Waals surface area contributed by atoms with Gasteiger partial charge in [0.1, 0.15) is 0 Å². The molecule has 1 amide bonds. The van der Waals surface area contributed by atoms with Crippen LogP contribution in [0.1, 0.15) is 53.1 Å². The Labute approximate surface area is 142 Å². The summed E-state index contributed by atoms with van der Waals surface area (Å²) < 4.78 is 5.31. The van der Waals surface area contributed by atoms with E-state index >= 15 is 0 Å². The number of carbonyl (C=O) groups excluding carboxylic acids is 1. The standard InChI is InChI=1S/C19H25NO4/c1-12-2-5-15(13-3-4-13)16(10-12)18(21)20-11-17(19(22)23)14-6-8-24-9-7-14/h2,5,10,13-14,17H,3-4,6-9,11H2,1H3,(H,20,21)(H,22,23). The minimum absolute atomic E-state index is 0.0666. The zero-order chi connectivity index (χ0) is 17.1. The second kappa shape index (κ2) is 7.34. The first-order valence-electron chi connectivity index (χ1n) is 8.75. The average molecular weight is 331 g/mol. The van der Waals surface area contributed by atoms with Crippen molar-refractivity contribution >= 4 is 11.9 Å². The number of hydrogen-bond donors (Lipinski definition) is 2. The molecule has 130 valence electrons. The molecule has 1 aliphatic carbocycles. The number of rotatable bonds is 6. The van der Waals surface area contributed by atoms with Crippen LogP contribution in [-0.4, -0.2) is 36.7 Å². The number of hydrogen-bond acceptors (Lipinski definition) is 3. The summed E-state index contributed by atoms with van der Waals surface area (Å²) in [6.07, 6.45) is 3.74. The summed E-state index contributed by atoms with van der Waals surface area (Å²) in [5.41, 5.74) is 2.84. The highest BCUT2D eigenvalue weighted by Gasteiger charge is 2.31. The number of amides is 1. The summed E-state index contributed by atoms with van der Waals surface area (Å²) in [4.78, 5) is 24.2. The molecular formula is C19H25NO4. The topological polar surface area (TPSA) is 75.6 Å². The van der Waals surface area contributed by atoms with E-state index < -0.39 is 11.9 Å². The SMILES string of the molecule is Cc1ccc(C2CC2)c(C(=O)NCC(C(=O)O)C2CCOCC2)c1. The molecule has 3 rings (SSSR count). The summed E-state index contributed by atoms with van der Waals surface area (Å²) in [6.45, 7) is 3.35. The number of aliphatic carboxylic acids is 1. The predicted molar refractivity (Wildman–Crippen MR) is 90.2 cm³/mol. The molecule has 0 aromatic heterocycles. The van der Waals surface area contributed by atoms with E-state index in [1.54, 1.807) is 0 Å². The zero-order valence-corrected chi connectivity index (χ0v) is 14.1. The van der Waals surface area contributed by atoms with E-state index in [1.165, 1.54) is 0 Å². The lowest BCUT2D eigenvalue weighted by atomic mass is 9.86. The van der Waals surface area contributed by atoms with Gasteiger partial charge in [0.15, 0.2) is 0 Å². The molecule has 5 nitrogen and oxygen atoms in total. The summed E-state index contributed by atoms with van der Waals surface area (Å²) >= 11 is 0. The molecule has 5 heteroatoms. The largest absolute Gasteiger partial charge is 0.481 e. The summed E-state index contributed by atoms with van der Waals surface area (Å²) in [7, 11) is 0. The molecule has 1 saturated carbocycles. The lowest BCUT2D eigenvalue weighted by molar-refractivity contribution is -0.144. The average Bonchev–Trinajstić information content (AvgIpc) is 3.40. The maximum Gasteiger partial charge on any atom is 0.308 e. The third-order valence-electron chi connectivity index (χ3n) is 5.11. The first kappa shape index (κ1) is 17.0. The fourth-order valence-corrected chi connectivity index (χ4v) is 3.49. The molecular weight excluding hydrogens is 306 g/mol. The highest BCUT2D eigenvalue weighted by molar-refractivity contribution is 5.96. The van der Waals surface area contributed by atoms with Gasteiger partial charge in [0.25, 0.3) is 5.91 Å². The van der Waals surface area contributed by atoms with Crippen molar-refractivity contribution in [3.8, 4) is 0 Å². The van der Waals surface area contributed by atoms with Gasteiger partial charge in [-0.05, 0) is 56.1 Å².